The van der Waals surface area contributed by atoms with Gasteiger partial charge in [-0.25, -0.2) is 0 Å². The maximum atomic E-state index is 11.7. The lowest BCUT2D eigenvalue weighted by molar-refractivity contribution is -0.127. The second-order valence-corrected chi connectivity index (χ2v) is 4.76. The number of benzene rings is 1. The fourth-order valence-electron chi connectivity index (χ4n) is 2.42. The van der Waals surface area contributed by atoms with E-state index in [0.29, 0.717) is 6.54 Å². The maximum Gasteiger partial charge on any atom is 0.260 e. The van der Waals surface area contributed by atoms with Crippen molar-refractivity contribution in [1.29, 1.82) is 0 Å². The standard InChI is InChI=1S/C15H21NO2/c1-3-16-15(17)11(2)18-14-10-6-8-12-7-4-5-9-13(12)14/h6,8,10-11H,3-5,7,9H2,1-2H3,(H,16,17)/t11-/m1/s1. The van der Waals surface area contributed by atoms with Crippen LogP contribution in [-0.4, -0.2) is 18.6 Å². The van der Waals surface area contributed by atoms with E-state index in [-0.39, 0.29) is 5.91 Å². The predicted molar refractivity (Wildman–Crippen MR) is 71.9 cm³/mol. The minimum absolute atomic E-state index is 0.0501. The Morgan fingerprint density at radius 1 is 1.39 bits per heavy atom. The molecule has 0 fully saturated rings. The Kier molecular flexibility index (Phi) is 4.24. The van der Waals surface area contributed by atoms with Gasteiger partial charge in [-0.15, -0.1) is 0 Å². The minimum Gasteiger partial charge on any atom is -0.481 e. The van der Waals surface area contributed by atoms with Crippen LogP contribution >= 0.6 is 0 Å². The zero-order chi connectivity index (χ0) is 13.0. The molecule has 3 heteroatoms. The molecule has 1 aromatic rings. The summed E-state index contributed by atoms with van der Waals surface area (Å²) in [5, 5.41) is 2.78. The van der Waals surface area contributed by atoms with E-state index in [1.165, 1.54) is 24.0 Å². The lowest BCUT2D eigenvalue weighted by Crippen LogP contribution is -2.36. The van der Waals surface area contributed by atoms with E-state index in [9.17, 15) is 4.79 Å². The number of ether oxygens (including phenoxy) is 1. The van der Waals surface area contributed by atoms with Crippen molar-refractivity contribution in [2.24, 2.45) is 0 Å². The van der Waals surface area contributed by atoms with Crippen molar-refractivity contribution in [3.63, 3.8) is 0 Å². The number of hydrogen-bond acceptors (Lipinski definition) is 2. The lowest BCUT2D eigenvalue weighted by atomic mass is 9.91. The number of likely N-dealkylation sites (N-methyl/N-ethyl adjacent to an activating group) is 1. The number of rotatable bonds is 4. The summed E-state index contributed by atoms with van der Waals surface area (Å²) in [7, 11) is 0. The molecular weight excluding hydrogens is 226 g/mol. The monoisotopic (exact) mass is 247 g/mol. The van der Waals surface area contributed by atoms with Crippen LogP contribution in [0.15, 0.2) is 18.2 Å². The maximum absolute atomic E-state index is 11.7. The number of aryl methyl sites for hydroxylation is 1. The van der Waals surface area contributed by atoms with E-state index in [1.54, 1.807) is 6.92 Å². The van der Waals surface area contributed by atoms with Gasteiger partial charge in [-0.1, -0.05) is 12.1 Å². The van der Waals surface area contributed by atoms with Crippen molar-refractivity contribution in [1.82, 2.24) is 5.32 Å². The second-order valence-electron chi connectivity index (χ2n) is 4.76. The molecule has 0 radical (unpaired) electrons. The predicted octanol–water partition coefficient (Wildman–Crippen LogP) is 2.47. The first-order valence-corrected chi connectivity index (χ1v) is 6.77. The first kappa shape index (κ1) is 12.9. The third-order valence-electron chi connectivity index (χ3n) is 3.38. The zero-order valence-corrected chi connectivity index (χ0v) is 11.2. The summed E-state index contributed by atoms with van der Waals surface area (Å²) in [6.45, 7) is 4.35. The molecule has 0 bridgehead atoms. The average molecular weight is 247 g/mol. The second kappa shape index (κ2) is 5.89. The van der Waals surface area contributed by atoms with Gasteiger partial charge in [0.25, 0.3) is 5.91 Å². The van der Waals surface area contributed by atoms with Gasteiger partial charge in [-0.3, -0.25) is 4.79 Å². The van der Waals surface area contributed by atoms with E-state index in [2.05, 4.69) is 11.4 Å². The Bertz CT molecular complexity index is 429. The molecule has 0 unspecified atom stereocenters. The van der Waals surface area contributed by atoms with Gasteiger partial charge in [0.15, 0.2) is 6.10 Å². The average Bonchev–Trinajstić information content (AvgIpc) is 2.39. The number of carbonyl (C=O) groups excluding carboxylic acids is 1. The molecule has 2 rings (SSSR count). The summed E-state index contributed by atoms with van der Waals surface area (Å²) in [5.74, 6) is 0.830. The van der Waals surface area contributed by atoms with E-state index in [4.69, 9.17) is 4.74 Å². The first-order valence-electron chi connectivity index (χ1n) is 6.77. The highest BCUT2D eigenvalue weighted by molar-refractivity contribution is 5.80. The van der Waals surface area contributed by atoms with E-state index in [1.807, 2.05) is 19.1 Å². The van der Waals surface area contributed by atoms with Gasteiger partial charge in [-0.05, 0) is 56.7 Å². The van der Waals surface area contributed by atoms with E-state index in [0.717, 1.165) is 18.6 Å². The van der Waals surface area contributed by atoms with Crippen molar-refractivity contribution in [2.75, 3.05) is 6.54 Å². The van der Waals surface area contributed by atoms with Gasteiger partial charge < -0.3 is 10.1 Å². The molecule has 0 heterocycles. The minimum atomic E-state index is -0.432. The topological polar surface area (TPSA) is 38.3 Å². The molecule has 0 saturated carbocycles. The van der Waals surface area contributed by atoms with Gasteiger partial charge >= 0.3 is 0 Å². The highest BCUT2D eigenvalue weighted by Crippen LogP contribution is 2.30. The summed E-state index contributed by atoms with van der Waals surface area (Å²) < 4.78 is 5.82. The fraction of sp³-hybridized carbons (Fsp3) is 0.533. The van der Waals surface area contributed by atoms with Crippen LogP contribution < -0.4 is 10.1 Å². The smallest absolute Gasteiger partial charge is 0.260 e. The van der Waals surface area contributed by atoms with Crippen LogP contribution in [0, 0.1) is 0 Å². The number of amides is 1. The molecule has 0 aliphatic heterocycles. The van der Waals surface area contributed by atoms with Gasteiger partial charge in [0.05, 0.1) is 0 Å². The lowest BCUT2D eigenvalue weighted by Gasteiger charge is -2.21. The van der Waals surface area contributed by atoms with Crippen molar-refractivity contribution in [3.8, 4) is 5.75 Å². The third-order valence-corrected chi connectivity index (χ3v) is 3.38. The molecular formula is C15H21NO2. The van der Waals surface area contributed by atoms with Crippen molar-refractivity contribution < 1.29 is 9.53 Å². The van der Waals surface area contributed by atoms with Gasteiger partial charge in [0.2, 0.25) is 0 Å². The van der Waals surface area contributed by atoms with E-state index >= 15 is 0 Å². The molecule has 18 heavy (non-hydrogen) atoms. The Balaban J connectivity index is 2.11. The Morgan fingerprint density at radius 2 is 2.17 bits per heavy atom. The molecule has 1 N–H and O–H groups in total. The molecule has 1 aromatic carbocycles. The molecule has 3 nitrogen and oxygen atoms in total. The van der Waals surface area contributed by atoms with Gasteiger partial charge in [0, 0.05) is 6.54 Å². The number of hydrogen-bond donors (Lipinski definition) is 1. The summed E-state index contributed by atoms with van der Waals surface area (Å²) in [4.78, 5) is 11.7. The molecule has 1 aliphatic rings. The highest BCUT2D eigenvalue weighted by atomic mass is 16.5. The van der Waals surface area contributed by atoms with Gasteiger partial charge in [-0.2, -0.15) is 0 Å². The quantitative estimate of drug-likeness (QED) is 0.887. The first-order chi connectivity index (χ1) is 8.72. The number of fused-ring (bicyclic) bond motifs is 1. The molecule has 1 aliphatic carbocycles. The fourth-order valence-corrected chi connectivity index (χ4v) is 2.42. The third kappa shape index (κ3) is 2.84. The van der Waals surface area contributed by atoms with Gasteiger partial charge in [0.1, 0.15) is 5.75 Å². The molecule has 1 amide bonds. The van der Waals surface area contributed by atoms with E-state index < -0.39 is 6.10 Å². The molecule has 0 spiro atoms. The molecule has 98 valence electrons. The molecule has 1 atom stereocenters. The Morgan fingerprint density at radius 3 is 2.94 bits per heavy atom. The van der Waals surface area contributed by atoms with Crippen molar-refractivity contribution in [2.45, 2.75) is 45.6 Å². The zero-order valence-electron chi connectivity index (χ0n) is 11.2. The van der Waals surface area contributed by atoms with Crippen LogP contribution in [0.1, 0.15) is 37.8 Å². The van der Waals surface area contributed by atoms with Crippen LogP contribution in [-0.2, 0) is 17.6 Å². The number of nitrogens with one attached hydrogen (secondary N) is 1. The molecule has 0 aromatic heterocycles. The van der Waals surface area contributed by atoms with Crippen molar-refractivity contribution >= 4 is 5.91 Å². The normalized spacial score (nSPS) is 15.7. The van der Waals surface area contributed by atoms with Crippen LogP contribution in [0.3, 0.4) is 0 Å². The summed E-state index contributed by atoms with van der Waals surface area (Å²) in [6.07, 6.45) is 4.22. The highest BCUT2D eigenvalue weighted by Gasteiger charge is 2.18. The van der Waals surface area contributed by atoms with Crippen LogP contribution in [0.2, 0.25) is 0 Å². The number of carbonyl (C=O) groups is 1. The van der Waals surface area contributed by atoms with Crippen molar-refractivity contribution in [3.05, 3.63) is 29.3 Å². The summed E-state index contributed by atoms with van der Waals surface area (Å²) in [5.41, 5.74) is 2.67. The van der Waals surface area contributed by atoms with Crippen LogP contribution in [0.5, 0.6) is 5.75 Å². The SMILES string of the molecule is CCNC(=O)[C@@H](C)Oc1cccc2c1CCCC2. The Labute approximate surface area is 109 Å². The Hall–Kier alpha value is -1.51. The largest absolute Gasteiger partial charge is 0.481 e. The summed E-state index contributed by atoms with van der Waals surface area (Å²) in [6, 6.07) is 6.15. The van der Waals surface area contributed by atoms with Crippen LogP contribution in [0.4, 0.5) is 0 Å². The summed E-state index contributed by atoms with van der Waals surface area (Å²) >= 11 is 0. The van der Waals surface area contributed by atoms with Crippen LogP contribution in [0.25, 0.3) is 0 Å². The molecule has 0 saturated heterocycles.